The van der Waals surface area contributed by atoms with E-state index in [0.717, 1.165) is 0 Å². The minimum Gasteiger partial charge on any atom is -0.508 e. The number of aromatic hydroxyl groups is 2. The molecule has 0 aliphatic carbocycles. The molecule has 18 heavy (non-hydrogen) atoms. The van der Waals surface area contributed by atoms with E-state index in [-0.39, 0.29) is 17.2 Å². The Hall–Kier alpha value is -1.40. The van der Waals surface area contributed by atoms with Crippen molar-refractivity contribution in [3.63, 3.8) is 0 Å². The van der Waals surface area contributed by atoms with E-state index >= 15 is 0 Å². The summed E-state index contributed by atoms with van der Waals surface area (Å²) in [5.74, 6) is -0.152. The number of nitrogens with two attached hydrogens (primary N) is 1. The van der Waals surface area contributed by atoms with Gasteiger partial charge in [-0.2, -0.15) is 0 Å². The highest BCUT2D eigenvalue weighted by atomic mass is 16.7. The second-order valence-corrected chi connectivity index (χ2v) is 5.56. The number of hydrogen-bond donors (Lipinski definition) is 3. The molecule has 4 N–H and O–H groups in total. The first-order chi connectivity index (χ1) is 8.14. The van der Waals surface area contributed by atoms with Crippen LogP contribution in [0.2, 0.25) is 0 Å². The maximum atomic E-state index is 9.87. The second-order valence-electron chi connectivity index (χ2n) is 5.56. The number of hydrogen-bond acceptors (Lipinski definition) is 5. The predicted molar refractivity (Wildman–Crippen MR) is 69.9 cm³/mol. The van der Waals surface area contributed by atoms with E-state index in [1.54, 1.807) is 0 Å². The summed E-state index contributed by atoms with van der Waals surface area (Å²) in [5.41, 5.74) is 5.00. The number of nitrogen functional groups attached to an aromatic ring is 1. The third kappa shape index (κ3) is 1.91. The van der Waals surface area contributed by atoms with E-state index in [9.17, 15) is 10.2 Å². The lowest BCUT2D eigenvalue weighted by Crippen LogP contribution is -2.41. The van der Waals surface area contributed by atoms with Gasteiger partial charge >= 0.3 is 7.12 Å². The number of phenolic OH excluding ortho intramolecular Hbond substituents is 2. The fraction of sp³-hybridized carbons (Fsp3) is 0.500. The van der Waals surface area contributed by atoms with Gasteiger partial charge < -0.3 is 25.3 Å². The summed E-state index contributed by atoms with van der Waals surface area (Å²) in [5, 5.41) is 19.5. The van der Waals surface area contributed by atoms with Crippen molar-refractivity contribution in [3.05, 3.63) is 12.1 Å². The van der Waals surface area contributed by atoms with Crippen molar-refractivity contribution in [2.45, 2.75) is 38.9 Å². The average Bonchev–Trinajstić information content (AvgIpc) is 2.42. The molecule has 1 aliphatic heterocycles. The van der Waals surface area contributed by atoms with Crippen LogP contribution in [0.25, 0.3) is 0 Å². The Labute approximate surface area is 107 Å². The van der Waals surface area contributed by atoms with Gasteiger partial charge in [0.2, 0.25) is 0 Å². The molecule has 1 fully saturated rings. The minimum absolute atomic E-state index is 0.0520. The SMILES string of the molecule is CC1(C)OB(c2cc(O)c(N)cc2O)OC1(C)C. The van der Waals surface area contributed by atoms with Crippen LogP contribution < -0.4 is 11.2 Å². The van der Waals surface area contributed by atoms with Crippen LogP contribution in [-0.4, -0.2) is 28.5 Å². The Morgan fingerprint density at radius 2 is 1.50 bits per heavy atom. The van der Waals surface area contributed by atoms with Crippen molar-refractivity contribution in [2.24, 2.45) is 0 Å². The quantitative estimate of drug-likeness (QED) is 0.300. The van der Waals surface area contributed by atoms with Crippen LogP contribution in [0, 0.1) is 0 Å². The molecule has 2 rings (SSSR count). The van der Waals surface area contributed by atoms with Crippen LogP contribution in [0.3, 0.4) is 0 Å². The van der Waals surface area contributed by atoms with Gasteiger partial charge in [-0.3, -0.25) is 0 Å². The molecule has 0 atom stereocenters. The summed E-state index contributed by atoms with van der Waals surface area (Å²) >= 11 is 0. The number of phenols is 2. The van der Waals surface area contributed by atoms with Crippen molar-refractivity contribution in [1.29, 1.82) is 0 Å². The molecule has 1 aliphatic rings. The molecule has 1 heterocycles. The molecule has 5 nitrogen and oxygen atoms in total. The Kier molecular flexibility index (Phi) is 2.75. The molecule has 0 amide bonds. The van der Waals surface area contributed by atoms with Crippen LogP contribution in [0.1, 0.15) is 27.7 Å². The fourth-order valence-electron chi connectivity index (χ4n) is 1.77. The van der Waals surface area contributed by atoms with Crippen molar-refractivity contribution in [1.82, 2.24) is 0 Å². The topological polar surface area (TPSA) is 84.9 Å². The molecular formula is C12H18BNO4. The van der Waals surface area contributed by atoms with Gasteiger partial charge in [0.25, 0.3) is 0 Å². The molecule has 6 heteroatoms. The highest BCUT2D eigenvalue weighted by Gasteiger charge is 2.52. The molecule has 1 saturated heterocycles. The molecule has 98 valence electrons. The predicted octanol–water partition coefficient (Wildman–Crippen LogP) is 0.979. The van der Waals surface area contributed by atoms with Crippen LogP contribution in [0.15, 0.2) is 12.1 Å². The molecule has 0 bridgehead atoms. The van der Waals surface area contributed by atoms with Gasteiger partial charge in [0.1, 0.15) is 11.5 Å². The Balaban J connectivity index is 2.38. The minimum atomic E-state index is -0.721. The highest BCUT2D eigenvalue weighted by molar-refractivity contribution is 6.63. The summed E-state index contributed by atoms with van der Waals surface area (Å²) < 4.78 is 11.6. The van der Waals surface area contributed by atoms with Crippen molar-refractivity contribution in [3.8, 4) is 11.5 Å². The van der Waals surface area contributed by atoms with Gasteiger partial charge in [0.05, 0.1) is 16.9 Å². The van der Waals surface area contributed by atoms with Gasteiger partial charge in [-0.05, 0) is 33.8 Å². The lowest BCUT2D eigenvalue weighted by molar-refractivity contribution is 0.00578. The largest absolute Gasteiger partial charge is 0.508 e. The summed E-state index contributed by atoms with van der Waals surface area (Å²) in [7, 11) is -0.721. The molecule has 1 aromatic carbocycles. The van der Waals surface area contributed by atoms with E-state index < -0.39 is 18.3 Å². The van der Waals surface area contributed by atoms with E-state index in [0.29, 0.717) is 5.46 Å². The summed E-state index contributed by atoms with van der Waals surface area (Å²) in [6, 6.07) is 2.66. The van der Waals surface area contributed by atoms with Gasteiger partial charge in [0, 0.05) is 11.5 Å². The van der Waals surface area contributed by atoms with Crippen LogP contribution >= 0.6 is 0 Å². The number of anilines is 1. The molecule has 0 aromatic heterocycles. The Bertz CT molecular complexity index is 471. The third-order valence-electron chi connectivity index (χ3n) is 3.68. The van der Waals surface area contributed by atoms with E-state index in [1.807, 2.05) is 27.7 Å². The number of rotatable bonds is 1. The average molecular weight is 251 g/mol. The van der Waals surface area contributed by atoms with Crippen LogP contribution in [0.5, 0.6) is 11.5 Å². The highest BCUT2D eigenvalue weighted by Crippen LogP contribution is 2.37. The Morgan fingerprint density at radius 1 is 1.00 bits per heavy atom. The summed E-state index contributed by atoms with van der Waals surface area (Å²) in [6.45, 7) is 7.67. The summed E-state index contributed by atoms with van der Waals surface area (Å²) in [4.78, 5) is 0. The normalized spacial score (nSPS) is 21.2. The molecule has 1 aromatic rings. The second kappa shape index (κ2) is 3.80. The first kappa shape index (κ1) is 13.0. The smallest absolute Gasteiger partial charge is 0.498 e. The van der Waals surface area contributed by atoms with Gasteiger partial charge in [-0.15, -0.1) is 0 Å². The lowest BCUT2D eigenvalue weighted by Gasteiger charge is -2.32. The van der Waals surface area contributed by atoms with E-state index in [4.69, 9.17) is 15.0 Å². The Morgan fingerprint density at radius 3 is 2.00 bits per heavy atom. The zero-order valence-electron chi connectivity index (χ0n) is 11.0. The van der Waals surface area contributed by atoms with Crippen molar-refractivity contribution >= 4 is 18.3 Å². The third-order valence-corrected chi connectivity index (χ3v) is 3.68. The van der Waals surface area contributed by atoms with E-state index in [2.05, 4.69) is 0 Å². The molecule has 0 spiro atoms. The van der Waals surface area contributed by atoms with E-state index in [1.165, 1.54) is 12.1 Å². The van der Waals surface area contributed by atoms with Gasteiger partial charge in [0.15, 0.2) is 0 Å². The number of benzene rings is 1. The zero-order valence-corrected chi connectivity index (χ0v) is 11.0. The maximum Gasteiger partial charge on any atom is 0.498 e. The monoisotopic (exact) mass is 251 g/mol. The molecule has 0 unspecified atom stereocenters. The lowest BCUT2D eigenvalue weighted by atomic mass is 9.78. The van der Waals surface area contributed by atoms with Crippen LogP contribution in [-0.2, 0) is 9.31 Å². The standard InChI is InChI=1S/C12H18BNO4/c1-11(2)12(3,4)18-13(17-11)7-5-10(16)8(14)6-9(7)15/h5-6,15-16H,14H2,1-4H3. The zero-order chi connectivity index (χ0) is 13.7. The maximum absolute atomic E-state index is 9.87. The van der Waals surface area contributed by atoms with Gasteiger partial charge in [-0.1, -0.05) is 0 Å². The first-order valence-corrected chi connectivity index (χ1v) is 5.81. The van der Waals surface area contributed by atoms with Crippen LogP contribution in [0.4, 0.5) is 5.69 Å². The first-order valence-electron chi connectivity index (χ1n) is 5.81. The fourth-order valence-corrected chi connectivity index (χ4v) is 1.77. The van der Waals surface area contributed by atoms with Gasteiger partial charge in [-0.25, -0.2) is 0 Å². The van der Waals surface area contributed by atoms with Crippen molar-refractivity contribution in [2.75, 3.05) is 5.73 Å². The molecular weight excluding hydrogens is 233 g/mol. The van der Waals surface area contributed by atoms with Crippen molar-refractivity contribution < 1.29 is 19.5 Å². The molecule has 0 radical (unpaired) electrons. The molecule has 0 saturated carbocycles. The summed E-state index contributed by atoms with van der Waals surface area (Å²) in [6.07, 6.45) is 0.